The van der Waals surface area contributed by atoms with E-state index in [0.717, 1.165) is 41.7 Å². The summed E-state index contributed by atoms with van der Waals surface area (Å²) in [5, 5.41) is 9.21. The predicted octanol–water partition coefficient (Wildman–Crippen LogP) is 7.22. The van der Waals surface area contributed by atoms with Crippen LogP contribution in [-0.2, 0) is 17.6 Å². The number of aryl methyl sites for hydroxylation is 2. The first kappa shape index (κ1) is 28.4. The number of benzene rings is 3. The normalized spacial score (nSPS) is 10.9. The van der Waals surface area contributed by atoms with Crippen LogP contribution in [0.5, 0.6) is 11.5 Å². The number of aliphatic hydroxyl groups excluding tert-OH is 1. The largest absolute Gasteiger partial charge is 0.493 e. The second kappa shape index (κ2) is 15.2. The van der Waals surface area contributed by atoms with Crippen molar-refractivity contribution in [2.45, 2.75) is 39.0 Å². The molecule has 37 heavy (non-hydrogen) atoms. The maximum Gasteiger partial charge on any atom is 0.123 e. The standard InChI is InChI=1S/C32H39FO4/c1-4-26-19-28(27-10-8-25(9-11-27)7-5-6-15-33)12-13-32(26)29-20-30(36-16-14-24(2)23-34)22-31(21-29)37-18-17-35-3/h8-13,19-22,34H,2,4-7,14-18,23H2,1,3H3. The lowest BCUT2D eigenvalue weighted by atomic mass is 9.93. The number of hydrogen-bond donors (Lipinski definition) is 1. The van der Waals surface area contributed by atoms with Gasteiger partial charge in [0.05, 0.1) is 26.5 Å². The Kier molecular flexibility index (Phi) is 11.7. The number of aliphatic hydroxyl groups is 1. The summed E-state index contributed by atoms with van der Waals surface area (Å²) in [6.45, 7) is 7.09. The van der Waals surface area contributed by atoms with Crippen LogP contribution in [0.1, 0.15) is 37.3 Å². The molecule has 3 aromatic carbocycles. The Hall–Kier alpha value is -3.15. The van der Waals surface area contributed by atoms with Gasteiger partial charge in [0.2, 0.25) is 0 Å². The fraction of sp³-hybridized carbons (Fsp3) is 0.375. The van der Waals surface area contributed by atoms with Gasteiger partial charge in [-0.25, -0.2) is 0 Å². The molecule has 198 valence electrons. The summed E-state index contributed by atoms with van der Waals surface area (Å²) in [4.78, 5) is 0. The lowest BCUT2D eigenvalue weighted by molar-refractivity contribution is 0.146. The molecule has 0 aliphatic heterocycles. The summed E-state index contributed by atoms with van der Waals surface area (Å²) in [7, 11) is 1.65. The highest BCUT2D eigenvalue weighted by molar-refractivity contribution is 5.75. The van der Waals surface area contributed by atoms with Crippen LogP contribution in [0, 0.1) is 0 Å². The second-order valence-corrected chi connectivity index (χ2v) is 9.11. The van der Waals surface area contributed by atoms with Crippen molar-refractivity contribution in [2.75, 3.05) is 40.2 Å². The van der Waals surface area contributed by atoms with E-state index in [0.29, 0.717) is 38.4 Å². The number of ether oxygens (including phenoxy) is 3. The first-order valence-electron chi connectivity index (χ1n) is 13.0. The molecule has 0 heterocycles. The zero-order chi connectivity index (χ0) is 26.5. The minimum absolute atomic E-state index is 0.0388. The summed E-state index contributed by atoms with van der Waals surface area (Å²) in [6.07, 6.45) is 3.87. The molecule has 0 aliphatic carbocycles. The molecule has 3 aromatic rings. The fourth-order valence-electron chi connectivity index (χ4n) is 4.16. The van der Waals surface area contributed by atoms with Crippen LogP contribution >= 0.6 is 0 Å². The lowest BCUT2D eigenvalue weighted by Crippen LogP contribution is -2.05. The van der Waals surface area contributed by atoms with E-state index in [1.807, 2.05) is 18.2 Å². The van der Waals surface area contributed by atoms with Crippen LogP contribution in [0.3, 0.4) is 0 Å². The third-order valence-corrected chi connectivity index (χ3v) is 6.32. The van der Waals surface area contributed by atoms with Gasteiger partial charge in [0.1, 0.15) is 18.1 Å². The Balaban J connectivity index is 1.86. The zero-order valence-corrected chi connectivity index (χ0v) is 22.1. The number of methoxy groups -OCH3 is 1. The van der Waals surface area contributed by atoms with E-state index in [1.165, 1.54) is 22.3 Å². The van der Waals surface area contributed by atoms with Crippen molar-refractivity contribution in [3.63, 3.8) is 0 Å². The maximum atomic E-state index is 12.4. The van der Waals surface area contributed by atoms with Crippen LogP contribution in [0.25, 0.3) is 22.3 Å². The van der Waals surface area contributed by atoms with Gasteiger partial charge in [0.15, 0.2) is 0 Å². The second-order valence-electron chi connectivity index (χ2n) is 9.11. The Labute approximate surface area is 220 Å². The molecule has 0 amide bonds. The summed E-state index contributed by atoms with van der Waals surface area (Å²) in [6, 6.07) is 21.1. The minimum atomic E-state index is -0.250. The number of rotatable bonds is 16. The highest BCUT2D eigenvalue weighted by Gasteiger charge is 2.11. The summed E-state index contributed by atoms with van der Waals surface area (Å²) < 4.78 is 29.4. The van der Waals surface area contributed by atoms with E-state index >= 15 is 0 Å². The van der Waals surface area contributed by atoms with Crippen molar-refractivity contribution in [3.05, 3.63) is 83.9 Å². The molecule has 0 bridgehead atoms. The molecule has 0 unspecified atom stereocenters. The quantitative estimate of drug-likeness (QED) is 0.165. The number of hydrogen-bond acceptors (Lipinski definition) is 4. The van der Waals surface area contributed by atoms with Gasteiger partial charge in [-0.15, -0.1) is 0 Å². The maximum absolute atomic E-state index is 12.4. The number of halogens is 1. The summed E-state index contributed by atoms with van der Waals surface area (Å²) >= 11 is 0. The molecule has 0 spiro atoms. The Morgan fingerprint density at radius 2 is 1.54 bits per heavy atom. The SMILES string of the molecule is C=C(CO)CCOc1cc(OCCOC)cc(-c2ccc(-c3ccc(CCCCF)cc3)cc2CC)c1. The van der Waals surface area contributed by atoms with E-state index < -0.39 is 0 Å². The monoisotopic (exact) mass is 506 g/mol. The van der Waals surface area contributed by atoms with Gasteiger partial charge < -0.3 is 19.3 Å². The van der Waals surface area contributed by atoms with E-state index in [-0.39, 0.29) is 13.3 Å². The molecule has 0 saturated heterocycles. The first-order chi connectivity index (χ1) is 18.1. The Morgan fingerprint density at radius 1 is 0.838 bits per heavy atom. The Bertz CT molecular complexity index is 1120. The Morgan fingerprint density at radius 3 is 2.19 bits per heavy atom. The van der Waals surface area contributed by atoms with Gasteiger partial charge in [-0.3, -0.25) is 4.39 Å². The first-order valence-corrected chi connectivity index (χ1v) is 13.0. The van der Waals surface area contributed by atoms with Gasteiger partial charge >= 0.3 is 0 Å². The number of alkyl halides is 1. The molecule has 0 radical (unpaired) electrons. The summed E-state index contributed by atoms with van der Waals surface area (Å²) in [5.41, 5.74) is 7.71. The molecule has 5 heteroatoms. The van der Waals surface area contributed by atoms with Crippen LogP contribution in [-0.4, -0.2) is 45.3 Å². The van der Waals surface area contributed by atoms with Gasteiger partial charge in [0, 0.05) is 19.6 Å². The van der Waals surface area contributed by atoms with E-state index in [2.05, 4.69) is 56.0 Å². The molecular formula is C32H39FO4. The number of unbranched alkanes of at least 4 members (excludes halogenated alkanes) is 1. The minimum Gasteiger partial charge on any atom is -0.493 e. The van der Waals surface area contributed by atoms with E-state index in [4.69, 9.17) is 14.2 Å². The van der Waals surface area contributed by atoms with Gasteiger partial charge in [-0.05, 0) is 76.8 Å². The van der Waals surface area contributed by atoms with Gasteiger partial charge in [-0.1, -0.05) is 56.0 Å². The predicted molar refractivity (Wildman–Crippen MR) is 149 cm³/mol. The third-order valence-electron chi connectivity index (χ3n) is 6.32. The van der Waals surface area contributed by atoms with E-state index in [1.54, 1.807) is 7.11 Å². The topological polar surface area (TPSA) is 47.9 Å². The average molecular weight is 507 g/mol. The van der Waals surface area contributed by atoms with Crippen molar-refractivity contribution in [2.24, 2.45) is 0 Å². The van der Waals surface area contributed by atoms with Crippen molar-refractivity contribution in [3.8, 4) is 33.8 Å². The van der Waals surface area contributed by atoms with Crippen molar-refractivity contribution < 1.29 is 23.7 Å². The van der Waals surface area contributed by atoms with Crippen LogP contribution in [0.15, 0.2) is 72.8 Å². The highest BCUT2D eigenvalue weighted by Crippen LogP contribution is 2.34. The van der Waals surface area contributed by atoms with Crippen molar-refractivity contribution >= 4 is 0 Å². The molecule has 0 aromatic heterocycles. The summed E-state index contributed by atoms with van der Waals surface area (Å²) in [5.74, 6) is 1.44. The van der Waals surface area contributed by atoms with Crippen molar-refractivity contribution in [1.29, 1.82) is 0 Å². The molecule has 0 fully saturated rings. The highest BCUT2D eigenvalue weighted by atomic mass is 19.1. The van der Waals surface area contributed by atoms with Gasteiger partial charge in [-0.2, -0.15) is 0 Å². The van der Waals surface area contributed by atoms with Gasteiger partial charge in [0.25, 0.3) is 0 Å². The molecule has 1 N–H and O–H groups in total. The van der Waals surface area contributed by atoms with Crippen LogP contribution in [0.4, 0.5) is 4.39 Å². The molecule has 0 aliphatic rings. The van der Waals surface area contributed by atoms with Crippen LogP contribution in [0.2, 0.25) is 0 Å². The fourth-order valence-corrected chi connectivity index (χ4v) is 4.16. The van der Waals surface area contributed by atoms with Crippen LogP contribution < -0.4 is 9.47 Å². The van der Waals surface area contributed by atoms with E-state index in [9.17, 15) is 9.50 Å². The molecular weight excluding hydrogens is 467 g/mol. The van der Waals surface area contributed by atoms with Crippen molar-refractivity contribution in [1.82, 2.24) is 0 Å². The smallest absolute Gasteiger partial charge is 0.123 e. The molecule has 3 rings (SSSR count). The molecule has 0 atom stereocenters. The average Bonchev–Trinajstić information content (AvgIpc) is 2.93. The zero-order valence-electron chi connectivity index (χ0n) is 22.1. The molecule has 0 saturated carbocycles. The lowest BCUT2D eigenvalue weighted by Gasteiger charge is -2.16. The third kappa shape index (κ3) is 8.73. The molecule has 4 nitrogen and oxygen atoms in total.